The molecule has 0 nitrogen and oxygen atoms in total. The molecule has 0 aliphatic carbocycles. The van der Waals surface area contributed by atoms with Crippen LogP contribution >= 0.6 is 0 Å². The second-order valence-corrected chi connectivity index (χ2v) is 4.31. The fourth-order valence-electron chi connectivity index (χ4n) is 0.937. The van der Waals surface area contributed by atoms with Crippen LogP contribution in [0.15, 0.2) is 18.7 Å². The van der Waals surface area contributed by atoms with Crippen molar-refractivity contribution in [2.45, 2.75) is 40.5 Å². The van der Waals surface area contributed by atoms with E-state index in [1.807, 2.05) is 6.08 Å². The summed E-state index contributed by atoms with van der Waals surface area (Å²) in [5, 5.41) is 0. The minimum absolute atomic E-state index is 0.245. The minimum Gasteiger partial charge on any atom is -0.102 e. The van der Waals surface area contributed by atoms with E-state index in [4.69, 9.17) is 0 Å². The van der Waals surface area contributed by atoms with Crippen LogP contribution in [-0.4, -0.2) is 0 Å². The molecule has 1 radical (unpaired) electrons. The zero-order chi connectivity index (χ0) is 9.61. The Morgan fingerprint density at radius 3 is 2.33 bits per heavy atom. The summed E-state index contributed by atoms with van der Waals surface area (Å²) >= 11 is 0. The van der Waals surface area contributed by atoms with Gasteiger partial charge >= 0.3 is 0 Å². The topological polar surface area (TPSA) is 0 Å². The quantitative estimate of drug-likeness (QED) is 0.552. The van der Waals surface area contributed by atoms with Gasteiger partial charge in [-0.2, -0.15) is 0 Å². The highest BCUT2D eigenvalue weighted by Crippen LogP contribution is 2.17. The first-order chi connectivity index (χ1) is 5.49. The van der Waals surface area contributed by atoms with Gasteiger partial charge in [-0.15, -0.1) is 6.58 Å². The van der Waals surface area contributed by atoms with Crippen LogP contribution in [0.4, 0.5) is 0 Å². The summed E-state index contributed by atoms with van der Waals surface area (Å²) < 4.78 is 0. The Hall–Kier alpha value is -0.520. The average molecular weight is 165 g/mol. The molecule has 0 N–H and O–H groups in total. The van der Waals surface area contributed by atoms with Crippen LogP contribution < -0.4 is 0 Å². The van der Waals surface area contributed by atoms with Crippen molar-refractivity contribution >= 4 is 0 Å². The van der Waals surface area contributed by atoms with Crippen molar-refractivity contribution in [2.24, 2.45) is 11.3 Å². The molecule has 0 aromatic heterocycles. The first-order valence-electron chi connectivity index (χ1n) is 4.72. The van der Waals surface area contributed by atoms with Crippen LogP contribution in [0.5, 0.6) is 0 Å². The lowest BCUT2D eigenvalue weighted by atomic mass is 9.93. The van der Waals surface area contributed by atoms with Gasteiger partial charge in [0.15, 0.2) is 0 Å². The number of hydrogen-bond donors (Lipinski definition) is 0. The van der Waals surface area contributed by atoms with Crippen molar-refractivity contribution in [3.8, 4) is 0 Å². The Bertz CT molecular complexity index is 146. The molecule has 0 heteroatoms. The number of hydrogen-bond acceptors (Lipinski definition) is 0. The smallest absolute Gasteiger partial charge is 0.00150 e. The fraction of sp³-hybridized carbons (Fsp3) is 0.667. The zero-order valence-corrected chi connectivity index (χ0v) is 8.85. The predicted octanol–water partition coefficient (Wildman–Crippen LogP) is 3.99. The maximum Gasteiger partial charge on any atom is 0.00150 e. The Kier molecular flexibility index (Phi) is 4.96. The lowest BCUT2D eigenvalue weighted by molar-refractivity contribution is 0.532. The van der Waals surface area contributed by atoms with Crippen molar-refractivity contribution in [3.05, 3.63) is 24.8 Å². The maximum absolute atomic E-state index is 3.80. The van der Waals surface area contributed by atoms with E-state index in [1.165, 1.54) is 6.42 Å². The molecule has 1 atom stereocenters. The molecule has 0 fully saturated rings. The van der Waals surface area contributed by atoms with Crippen LogP contribution in [0.1, 0.15) is 40.5 Å². The van der Waals surface area contributed by atoms with Crippen LogP contribution in [0.25, 0.3) is 0 Å². The van der Waals surface area contributed by atoms with Crippen molar-refractivity contribution in [1.82, 2.24) is 0 Å². The molecule has 0 rings (SSSR count). The summed E-state index contributed by atoms with van der Waals surface area (Å²) in [6, 6.07) is 0. The van der Waals surface area contributed by atoms with E-state index >= 15 is 0 Å². The maximum atomic E-state index is 3.80. The van der Waals surface area contributed by atoms with Crippen molar-refractivity contribution < 1.29 is 0 Å². The Morgan fingerprint density at radius 1 is 1.42 bits per heavy atom. The molecule has 0 saturated carbocycles. The van der Waals surface area contributed by atoms with Gasteiger partial charge in [-0.25, -0.2) is 0 Å². The first kappa shape index (κ1) is 11.5. The predicted molar refractivity (Wildman–Crippen MR) is 55.9 cm³/mol. The third kappa shape index (κ3) is 6.21. The van der Waals surface area contributed by atoms with Gasteiger partial charge in [-0.1, -0.05) is 46.3 Å². The Balaban J connectivity index is 4.01. The van der Waals surface area contributed by atoms with Gasteiger partial charge < -0.3 is 0 Å². The monoisotopic (exact) mass is 165 g/mol. The molecular weight excluding hydrogens is 144 g/mol. The lowest BCUT2D eigenvalue weighted by Crippen LogP contribution is -2.01. The molecule has 69 valence electrons. The van der Waals surface area contributed by atoms with Crippen molar-refractivity contribution in [1.29, 1.82) is 0 Å². The second kappa shape index (κ2) is 5.18. The first-order valence-corrected chi connectivity index (χ1v) is 4.72. The molecule has 0 aliphatic heterocycles. The summed E-state index contributed by atoms with van der Waals surface area (Å²) in [4.78, 5) is 0. The van der Waals surface area contributed by atoms with E-state index < -0.39 is 0 Å². The van der Waals surface area contributed by atoms with Gasteiger partial charge in [-0.05, 0) is 17.9 Å². The molecule has 0 spiro atoms. The van der Waals surface area contributed by atoms with E-state index in [-0.39, 0.29) is 5.41 Å². The molecule has 0 saturated heterocycles. The number of rotatable bonds is 4. The molecule has 12 heavy (non-hydrogen) atoms. The van der Waals surface area contributed by atoms with Crippen LogP contribution in [-0.2, 0) is 0 Å². The molecule has 0 aliphatic rings. The van der Waals surface area contributed by atoms with E-state index in [9.17, 15) is 0 Å². The van der Waals surface area contributed by atoms with Gasteiger partial charge in [0.1, 0.15) is 0 Å². The van der Waals surface area contributed by atoms with Crippen LogP contribution in [0, 0.1) is 17.4 Å². The molecule has 0 amide bonds. The molecule has 0 aromatic carbocycles. The summed E-state index contributed by atoms with van der Waals surface area (Å²) in [6.07, 6.45) is 9.85. The van der Waals surface area contributed by atoms with Gasteiger partial charge in [0, 0.05) is 5.92 Å². The molecule has 0 heterocycles. The SMILES string of the molecule is C=CC(/[C]=C/C(C)(C)C)CCC. The molecule has 1 unspecified atom stereocenters. The third-order valence-corrected chi connectivity index (χ3v) is 1.61. The van der Waals surface area contributed by atoms with Crippen LogP contribution in [0.2, 0.25) is 0 Å². The molecule has 0 aromatic rings. The standard InChI is InChI=1S/C12H21/c1-6-8-11(7-2)9-10-12(3,4)5/h7,10-11H,2,6,8H2,1,3-5H3. The highest BCUT2D eigenvalue weighted by atomic mass is 14.1. The highest BCUT2D eigenvalue weighted by Gasteiger charge is 2.05. The van der Waals surface area contributed by atoms with Crippen molar-refractivity contribution in [3.63, 3.8) is 0 Å². The van der Waals surface area contributed by atoms with Crippen molar-refractivity contribution in [2.75, 3.05) is 0 Å². The third-order valence-electron chi connectivity index (χ3n) is 1.61. The van der Waals surface area contributed by atoms with E-state index in [0.29, 0.717) is 5.92 Å². The average Bonchev–Trinajstić information content (AvgIpc) is 1.96. The molecule has 0 bridgehead atoms. The fourth-order valence-corrected chi connectivity index (χ4v) is 0.937. The normalized spacial score (nSPS) is 15.0. The van der Waals surface area contributed by atoms with E-state index in [0.717, 1.165) is 6.42 Å². The zero-order valence-electron chi connectivity index (χ0n) is 8.85. The summed E-state index contributed by atoms with van der Waals surface area (Å²) in [5.74, 6) is 0.439. The summed E-state index contributed by atoms with van der Waals surface area (Å²) in [6.45, 7) is 12.5. The van der Waals surface area contributed by atoms with Gasteiger partial charge in [0.05, 0.1) is 0 Å². The minimum atomic E-state index is 0.245. The van der Waals surface area contributed by atoms with E-state index in [2.05, 4.69) is 46.4 Å². The van der Waals surface area contributed by atoms with Gasteiger partial charge in [0.25, 0.3) is 0 Å². The van der Waals surface area contributed by atoms with Gasteiger partial charge in [-0.3, -0.25) is 0 Å². The Morgan fingerprint density at radius 2 is 2.00 bits per heavy atom. The Labute approximate surface area is 77.4 Å². The number of allylic oxidation sites excluding steroid dienone is 3. The molecular formula is C12H21. The van der Waals surface area contributed by atoms with Crippen LogP contribution in [0.3, 0.4) is 0 Å². The largest absolute Gasteiger partial charge is 0.102 e. The van der Waals surface area contributed by atoms with E-state index in [1.54, 1.807) is 0 Å². The van der Waals surface area contributed by atoms with Gasteiger partial charge in [0.2, 0.25) is 0 Å². The lowest BCUT2D eigenvalue weighted by Gasteiger charge is -2.12. The summed E-state index contributed by atoms with van der Waals surface area (Å²) in [7, 11) is 0. The highest BCUT2D eigenvalue weighted by molar-refractivity contribution is 4.95. The summed E-state index contributed by atoms with van der Waals surface area (Å²) in [5.41, 5.74) is 0.245. The second-order valence-electron chi connectivity index (χ2n) is 4.31.